The summed E-state index contributed by atoms with van der Waals surface area (Å²) >= 11 is 0. The van der Waals surface area contributed by atoms with Gasteiger partial charge in [-0.1, -0.05) is 50.2 Å². The molecule has 0 aliphatic carbocycles. The Morgan fingerprint density at radius 1 is 0.762 bits per heavy atom. The van der Waals surface area contributed by atoms with Crippen LogP contribution in [0.3, 0.4) is 0 Å². The molecule has 0 bridgehead atoms. The van der Waals surface area contributed by atoms with Crippen molar-refractivity contribution in [2.45, 2.75) is 19.3 Å². The highest BCUT2D eigenvalue weighted by Gasteiger charge is 2.31. The zero-order valence-electron chi connectivity index (χ0n) is 11.8. The van der Waals surface area contributed by atoms with Crippen LogP contribution in [0.1, 0.15) is 45.7 Å². The molecule has 0 aliphatic rings. The van der Waals surface area contributed by atoms with Crippen molar-refractivity contribution >= 4 is 11.9 Å². The second-order valence-electron chi connectivity index (χ2n) is 5.33. The second-order valence-corrected chi connectivity index (χ2v) is 5.33. The van der Waals surface area contributed by atoms with Crippen LogP contribution in [0.25, 0.3) is 0 Å². The van der Waals surface area contributed by atoms with Crippen LogP contribution >= 0.6 is 0 Å². The zero-order chi connectivity index (χ0) is 15.6. The van der Waals surface area contributed by atoms with Crippen LogP contribution in [-0.2, 0) is 5.41 Å². The summed E-state index contributed by atoms with van der Waals surface area (Å²) in [6.45, 7) is 3.66. The highest BCUT2D eigenvalue weighted by atomic mass is 16.4. The monoisotopic (exact) mass is 284 g/mol. The molecule has 2 N–H and O–H groups in total. The summed E-state index contributed by atoms with van der Waals surface area (Å²) in [5, 5.41) is 18.7. The van der Waals surface area contributed by atoms with Crippen molar-refractivity contribution in [1.29, 1.82) is 0 Å². The molecule has 2 rings (SSSR count). The predicted molar refractivity (Wildman–Crippen MR) is 78.9 cm³/mol. The number of hydrogen-bond acceptors (Lipinski definition) is 2. The SMILES string of the molecule is CC(C)(c1ccccc1C(=O)O)c1ccccc1C(=O)O. The van der Waals surface area contributed by atoms with E-state index in [1.807, 2.05) is 13.8 Å². The quantitative estimate of drug-likeness (QED) is 0.902. The molecule has 0 spiro atoms. The molecule has 0 radical (unpaired) electrons. The lowest BCUT2D eigenvalue weighted by Crippen LogP contribution is -2.25. The lowest BCUT2D eigenvalue weighted by Gasteiger charge is -2.29. The van der Waals surface area contributed by atoms with Gasteiger partial charge >= 0.3 is 11.9 Å². The normalized spacial score (nSPS) is 11.1. The van der Waals surface area contributed by atoms with Gasteiger partial charge in [-0.25, -0.2) is 9.59 Å². The molecule has 0 heterocycles. The molecule has 0 saturated carbocycles. The fourth-order valence-corrected chi connectivity index (χ4v) is 2.57. The van der Waals surface area contributed by atoms with Crippen LogP contribution in [-0.4, -0.2) is 22.2 Å². The Morgan fingerprint density at radius 2 is 1.10 bits per heavy atom. The Morgan fingerprint density at radius 3 is 1.43 bits per heavy atom. The van der Waals surface area contributed by atoms with E-state index in [4.69, 9.17) is 0 Å². The summed E-state index contributed by atoms with van der Waals surface area (Å²) < 4.78 is 0. The van der Waals surface area contributed by atoms with E-state index in [-0.39, 0.29) is 11.1 Å². The number of aromatic carboxylic acids is 2. The van der Waals surface area contributed by atoms with Crippen LogP contribution < -0.4 is 0 Å². The molecule has 108 valence electrons. The molecule has 2 aromatic rings. The van der Waals surface area contributed by atoms with E-state index in [2.05, 4.69) is 0 Å². The van der Waals surface area contributed by atoms with E-state index in [9.17, 15) is 19.8 Å². The number of rotatable bonds is 4. The first kappa shape index (κ1) is 14.8. The number of carbonyl (C=O) groups is 2. The highest BCUT2D eigenvalue weighted by molar-refractivity contribution is 5.92. The molecule has 0 atom stereocenters. The van der Waals surface area contributed by atoms with Crippen molar-refractivity contribution in [2.75, 3.05) is 0 Å². The first-order chi connectivity index (χ1) is 9.85. The van der Waals surface area contributed by atoms with Gasteiger partial charge in [0.15, 0.2) is 0 Å². The average molecular weight is 284 g/mol. The summed E-state index contributed by atoms with van der Waals surface area (Å²) in [6.07, 6.45) is 0. The fraction of sp³-hybridized carbons (Fsp3) is 0.176. The number of carboxylic acid groups (broad SMARTS) is 2. The van der Waals surface area contributed by atoms with Crippen molar-refractivity contribution in [3.63, 3.8) is 0 Å². The third kappa shape index (κ3) is 2.65. The largest absolute Gasteiger partial charge is 0.478 e. The first-order valence-electron chi connectivity index (χ1n) is 6.51. The molecule has 0 aliphatic heterocycles. The molecule has 0 amide bonds. The van der Waals surface area contributed by atoms with Crippen LogP contribution in [0.4, 0.5) is 0 Å². The molecule has 2 aromatic carbocycles. The second kappa shape index (κ2) is 5.40. The fourth-order valence-electron chi connectivity index (χ4n) is 2.57. The summed E-state index contributed by atoms with van der Waals surface area (Å²) in [5.41, 5.74) is 0.812. The van der Waals surface area contributed by atoms with Crippen LogP contribution in [0.2, 0.25) is 0 Å². The maximum absolute atomic E-state index is 11.4. The molecule has 0 unspecified atom stereocenters. The number of carboxylic acids is 2. The Bertz CT molecular complexity index is 642. The van der Waals surface area contributed by atoms with E-state index >= 15 is 0 Å². The molecule has 0 fully saturated rings. The third-order valence-electron chi connectivity index (χ3n) is 3.66. The Balaban J connectivity index is 2.69. The van der Waals surface area contributed by atoms with E-state index < -0.39 is 17.4 Å². The van der Waals surface area contributed by atoms with Gasteiger partial charge in [0.25, 0.3) is 0 Å². The molecule has 4 nitrogen and oxygen atoms in total. The van der Waals surface area contributed by atoms with Crippen LogP contribution in [0.15, 0.2) is 48.5 Å². The minimum atomic E-state index is -1.02. The Labute approximate surface area is 122 Å². The van der Waals surface area contributed by atoms with Gasteiger partial charge in [0, 0.05) is 5.41 Å². The maximum Gasteiger partial charge on any atom is 0.335 e. The number of benzene rings is 2. The maximum atomic E-state index is 11.4. The summed E-state index contributed by atoms with van der Waals surface area (Å²) in [6, 6.07) is 13.3. The molecule has 21 heavy (non-hydrogen) atoms. The topological polar surface area (TPSA) is 74.6 Å². The molecule has 0 aromatic heterocycles. The molecular formula is C17H16O4. The predicted octanol–water partition coefficient (Wildman–Crippen LogP) is 3.41. The van der Waals surface area contributed by atoms with Gasteiger partial charge in [-0.2, -0.15) is 0 Å². The zero-order valence-corrected chi connectivity index (χ0v) is 11.8. The summed E-state index contributed by atoms with van der Waals surface area (Å²) in [7, 11) is 0. The lowest BCUT2D eigenvalue weighted by atomic mass is 9.74. The van der Waals surface area contributed by atoms with Gasteiger partial charge in [0.2, 0.25) is 0 Å². The van der Waals surface area contributed by atoms with E-state index in [0.29, 0.717) is 11.1 Å². The lowest BCUT2D eigenvalue weighted by molar-refractivity contribution is 0.0686. The van der Waals surface area contributed by atoms with E-state index in [1.54, 1.807) is 36.4 Å². The van der Waals surface area contributed by atoms with Crippen LogP contribution in [0, 0.1) is 0 Å². The van der Waals surface area contributed by atoms with Gasteiger partial charge in [-0.3, -0.25) is 0 Å². The number of hydrogen-bond donors (Lipinski definition) is 2. The standard InChI is InChI=1S/C17H16O4/c1-17(2,13-9-5-3-7-11(13)15(18)19)14-10-6-4-8-12(14)16(20)21/h3-10H,1-2H3,(H,18,19)(H,20,21). The van der Waals surface area contributed by atoms with Crippen molar-refractivity contribution in [3.05, 3.63) is 70.8 Å². The average Bonchev–Trinajstić information content (AvgIpc) is 2.47. The van der Waals surface area contributed by atoms with Crippen molar-refractivity contribution in [3.8, 4) is 0 Å². The summed E-state index contributed by atoms with van der Waals surface area (Å²) in [4.78, 5) is 22.8. The highest BCUT2D eigenvalue weighted by Crippen LogP contribution is 2.35. The minimum absolute atomic E-state index is 0.183. The van der Waals surface area contributed by atoms with Crippen molar-refractivity contribution in [2.24, 2.45) is 0 Å². The third-order valence-corrected chi connectivity index (χ3v) is 3.66. The van der Waals surface area contributed by atoms with Gasteiger partial charge in [-0.15, -0.1) is 0 Å². The van der Waals surface area contributed by atoms with Gasteiger partial charge < -0.3 is 10.2 Å². The van der Waals surface area contributed by atoms with E-state index in [1.165, 1.54) is 12.1 Å². The van der Waals surface area contributed by atoms with Gasteiger partial charge in [0.1, 0.15) is 0 Å². The molecular weight excluding hydrogens is 268 g/mol. The Hall–Kier alpha value is -2.62. The van der Waals surface area contributed by atoms with Crippen molar-refractivity contribution in [1.82, 2.24) is 0 Å². The van der Waals surface area contributed by atoms with Gasteiger partial charge in [0.05, 0.1) is 11.1 Å². The smallest absolute Gasteiger partial charge is 0.335 e. The van der Waals surface area contributed by atoms with Crippen LogP contribution in [0.5, 0.6) is 0 Å². The molecule has 0 saturated heterocycles. The summed E-state index contributed by atoms with van der Waals surface area (Å²) in [5.74, 6) is -2.04. The van der Waals surface area contributed by atoms with Gasteiger partial charge in [-0.05, 0) is 23.3 Å². The Kier molecular flexibility index (Phi) is 3.80. The van der Waals surface area contributed by atoms with E-state index in [0.717, 1.165) is 0 Å². The molecule has 4 heteroatoms. The van der Waals surface area contributed by atoms with Crippen molar-refractivity contribution < 1.29 is 19.8 Å². The first-order valence-corrected chi connectivity index (χ1v) is 6.51. The minimum Gasteiger partial charge on any atom is -0.478 e.